The van der Waals surface area contributed by atoms with Crippen molar-refractivity contribution in [2.75, 3.05) is 30.4 Å². The molecule has 5 nitrogen and oxygen atoms in total. The lowest BCUT2D eigenvalue weighted by Crippen LogP contribution is -2.39. The quantitative estimate of drug-likeness (QED) is 0.832. The second-order valence-corrected chi connectivity index (χ2v) is 4.70. The lowest BCUT2D eigenvalue weighted by atomic mass is 9.94. The molecule has 18 heavy (non-hydrogen) atoms. The van der Waals surface area contributed by atoms with E-state index in [9.17, 15) is 5.11 Å². The second-order valence-electron chi connectivity index (χ2n) is 4.70. The summed E-state index contributed by atoms with van der Waals surface area (Å²) in [7, 11) is 1.82. The molecule has 2 N–H and O–H groups in total. The first kappa shape index (κ1) is 13.1. The Bertz CT molecular complexity index is 366. The van der Waals surface area contributed by atoms with Crippen molar-refractivity contribution >= 4 is 11.8 Å². The smallest absolute Gasteiger partial charge is 0.224 e. The highest BCUT2D eigenvalue weighted by atomic mass is 16.3. The highest BCUT2D eigenvalue weighted by molar-refractivity contribution is 5.43. The summed E-state index contributed by atoms with van der Waals surface area (Å²) >= 11 is 0. The SMILES string of the molecule is CNc1nccc(N(CCO)C2CCCCC2)n1. The van der Waals surface area contributed by atoms with Gasteiger partial charge in [-0.3, -0.25) is 0 Å². The number of hydrogen-bond donors (Lipinski definition) is 2. The highest BCUT2D eigenvalue weighted by Gasteiger charge is 2.22. The van der Waals surface area contributed by atoms with E-state index < -0.39 is 0 Å². The Hall–Kier alpha value is -1.36. The number of hydrogen-bond acceptors (Lipinski definition) is 5. The Kier molecular flexibility index (Phi) is 4.75. The summed E-state index contributed by atoms with van der Waals surface area (Å²) in [5, 5.41) is 12.2. The maximum absolute atomic E-state index is 9.25. The van der Waals surface area contributed by atoms with E-state index in [1.807, 2.05) is 13.1 Å². The normalized spacial score (nSPS) is 16.6. The number of nitrogens with one attached hydrogen (secondary N) is 1. The number of rotatable bonds is 5. The first-order chi connectivity index (χ1) is 8.85. The van der Waals surface area contributed by atoms with Gasteiger partial charge < -0.3 is 15.3 Å². The number of aliphatic hydroxyl groups is 1. The zero-order chi connectivity index (χ0) is 12.8. The van der Waals surface area contributed by atoms with Gasteiger partial charge in [-0.25, -0.2) is 4.98 Å². The lowest BCUT2D eigenvalue weighted by molar-refractivity contribution is 0.289. The Balaban J connectivity index is 2.16. The van der Waals surface area contributed by atoms with E-state index in [-0.39, 0.29) is 6.61 Å². The number of nitrogens with zero attached hydrogens (tertiary/aromatic N) is 3. The molecule has 1 aliphatic rings. The van der Waals surface area contributed by atoms with Crippen LogP contribution in [-0.2, 0) is 0 Å². The molecule has 2 rings (SSSR count). The third kappa shape index (κ3) is 3.10. The van der Waals surface area contributed by atoms with Crippen LogP contribution in [0.5, 0.6) is 0 Å². The summed E-state index contributed by atoms with van der Waals surface area (Å²) in [6.45, 7) is 0.806. The van der Waals surface area contributed by atoms with Crippen LogP contribution in [0, 0.1) is 0 Å². The fourth-order valence-electron chi connectivity index (χ4n) is 2.61. The highest BCUT2D eigenvalue weighted by Crippen LogP contribution is 2.26. The molecule has 0 atom stereocenters. The fourth-order valence-corrected chi connectivity index (χ4v) is 2.61. The Labute approximate surface area is 108 Å². The van der Waals surface area contributed by atoms with Crippen LogP contribution in [0.1, 0.15) is 32.1 Å². The van der Waals surface area contributed by atoms with Crippen LogP contribution in [-0.4, -0.2) is 41.3 Å². The summed E-state index contributed by atoms with van der Waals surface area (Å²) in [4.78, 5) is 10.8. The van der Waals surface area contributed by atoms with Gasteiger partial charge in [0.15, 0.2) is 0 Å². The van der Waals surface area contributed by atoms with Gasteiger partial charge in [0.2, 0.25) is 5.95 Å². The molecule has 1 heterocycles. The summed E-state index contributed by atoms with van der Waals surface area (Å²) in [6.07, 6.45) is 8.03. The van der Waals surface area contributed by atoms with Gasteiger partial charge in [0.1, 0.15) is 5.82 Å². The van der Waals surface area contributed by atoms with E-state index in [1.165, 1.54) is 32.1 Å². The summed E-state index contributed by atoms with van der Waals surface area (Å²) in [5.74, 6) is 1.54. The van der Waals surface area contributed by atoms with E-state index in [1.54, 1.807) is 6.20 Å². The molecule has 1 saturated carbocycles. The first-order valence-electron chi connectivity index (χ1n) is 6.73. The maximum atomic E-state index is 9.25. The fraction of sp³-hybridized carbons (Fsp3) is 0.692. The molecule has 0 unspecified atom stereocenters. The molecular formula is C13H22N4O. The molecule has 0 aromatic carbocycles. The monoisotopic (exact) mass is 250 g/mol. The van der Waals surface area contributed by atoms with Gasteiger partial charge in [-0.2, -0.15) is 4.98 Å². The third-order valence-electron chi connectivity index (χ3n) is 3.52. The van der Waals surface area contributed by atoms with Gasteiger partial charge in [-0.1, -0.05) is 19.3 Å². The minimum atomic E-state index is 0.162. The van der Waals surface area contributed by atoms with Gasteiger partial charge in [0.25, 0.3) is 0 Å². The molecule has 0 radical (unpaired) electrons. The van der Waals surface area contributed by atoms with E-state index in [0.29, 0.717) is 18.5 Å². The average molecular weight is 250 g/mol. The molecule has 1 fully saturated rings. The van der Waals surface area contributed by atoms with Crippen LogP contribution < -0.4 is 10.2 Å². The summed E-state index contributed by atoms with van der Waals surface area (Å²) in [6, 6.07) is 2.43. The van der Waals surface area contributed by atoms with E-state index >= 15 is 0 Å². The van der Waals surface area contributed by atoms with Crippen LogP contribution in [0.2, 0.25) is 0 Å². The van der Waals surface area contributed by atoms with Crippen molar-refractivity contribution in [2.45, 2.75) is 38.1 Å². The van der Waals surface area contributed by atoms with Crippen LogP contribution in [0.15, 0.2) is 12.3 Å². The molecular weight excluding hydrogens is 228 g/mol. The number of aliphatic hydroxyl groups excluding tert-OH is 1. The van der Waals surface area contributed by atoms with Gasteiger partial charge >= 0.3 is 0 Å². The summed E-state index contributed by atoms with van der Waals surface area (Å²) in [5.41, 5.74) is 0. The van der Waals surface area contributed by atoms with Crippen molar-refractivity contribution < 1.29 is 5.11 Å². The Morgan fingerprint density at radius 2 is 2.17 bits per heavy atom. The molecule has 1 aliphatic carbocycles. The van der Waals surface area contributed by atoms with E-state index in [2.05, 4.69) is 20.2 Å². The topological polar surface area (TPSA) is 61.3 Å². The molecule has 0 saturated heterocycles. The molecule has 100 valence electrons. The zero-order valence-electron chi connectivity index (χ0n) is 11.0. The predicted octanol–water partition coefficient (Wildman–Crippen LogP) is 1.65. The molecule has 0 aliphatic heterocycles. The largest absolute Gasteiger partial charge is 0.395 e. The molecule has 0 spiro atoms. The van der Waals surface area contributed by atoms with Crippen LogP contribution in [0.3, 0.4) is 0 Å². The van der Waals surface area contributed by atoms with Gasteiger partial charge in [-0.15, -0.1) is 0 Å². The van der Waals surface area contributed by atoms with Crippen molar-refractivity contribution in [1.29, 1.82) is 0 Å². The third-order valence-corrected chi connectivity index (χ3v) is 3.52. The van der Waals surface area contributed by atoms with Gasteiger partial charge in [-0.05, 0) is 18.9 Å². The van der Waals surface area contributed by atoms with Gasteiger partial charge in [0, 0.05) is 25.8 Å². The standard InChI is InChI=1S/C13H22N4O/c1-14-13-15-8-7-12(16-13)17(9-10-18)11-5-3-2-4-6-11/h7-8,11,18H,2-6,9-10H2,1H3,(H,14,15,16). The minimum Gasteiger partial charge on any atom is -0.395 e. The maximum Gasteiger partial charge on any atom is 0.224 e. The van der Waals surface area contributed by atoms with Crippen molar-refractivity contribution in [3.63, 3.8) is 0 Å². The van der Waals surface area contributed by atoms with Crippen LogP contribution >= 0.6 is 0 Å². The molecule has 1 aromatic rings. The number of anilines is 2. The van der Waals surface area contributed by atoms with Crippen LogP contribution in [0.4, 0.5) is 11.8 Å². The van der Waals surface area contributed by atoms with Crippen molar-refractivity contribution in [3.8, 4) is 0 Å². The number of aromatic nitrogens is 2. The summed E-state index contributed by atoms with van der Waals surface area (Å²) < 4.78 is 0. The van der Waals surface area contributed by atoms with Crippen molar-refractivity contribution in [2.24, 2.45) is 0 Å². The van der Waals surface area contributed by atoms with Crippen molar-refractivity contribution in [3.05, 3.63) is 12.3 Å². The second kappa shape index (κ2) is 6.54. The van der Waals surface area contributed by atoms with Crippen LogP contribution in [0.25, 0.3) is 0 Å². The molecule has 5 heteroatoms. The molecule has 0 bridgehead atoms. The van der Waals surface area contributed by atoms with E-state index in [4.69, 9.17) is 0 Å². The predicted molar refractivity (Wildman–Crippen MR) is 72.9 cm³/mol. The van der Waals surface area contributed by atoms with Crippen molar-refractivity contribution in [1.82, 2.24) is 9.97 Å². The van der Waals surface area contributed by atoms with Gasteiger partial charge in [0.05, 0.1) is 6.61 Å². The lowest BCUT2D eigenvalue weighted by Gasteiger charge is -2.34. The minimum absolute atomic E-state index is 0.162. The average Bonchev–Trinajstić information content (AvgIpc) is 2.46. The van der Waals surface area contributed by atoms with E-state index in [0.717, 1.165) is 5.82 Å². The Morgan fingerprint density at radius 3 is 2.83 bits per heavy atom. The molecule has 0 amide bonds. The first-order valence-corrected chi connectivity index (χ1v) is 6.73. The Morgan fingerprint density at radius 1 is 1.39 bits per heavy atom. The molecule has 1 aromatic heterocycles. The zero-order valence-corrected chi connectivity index (χ0v) is 11.0.